The molecule has 0 spiro atoms. The number of carbonyl (C=O) groups is 1. The SMILES string of the molecule is CN(CC1(O)CCOCC1)C(=O)c1ccc[nH]1. The highest BCUT2D eigenvalue weighted by Crippen LogP contribution is 2.21. The highest BCUT2D eigenvalue weighted by atomic mass is 16.5. The van der Waals surface area contributed by atoms with Crippen molar-refractivity contribution in [1.82, 2.24) is 9.88 Å². The lowest BCUT2D eigenvalue weighted by Gasteiger charge is -2.35. The van der Waals surface area contributed by atoms with E-state index < -0.39 is 5.60 Å². The molecule has 0 saturated carbocycles. The molecule has 1 aromatic rings. The Balaban J connectivity index is 1.96. The lowest BCUT2D eigenvalue weighted by molar-refractivity contribution is -0.0734. The number of H-pyrrole nitrogens is 1. The molecule has 0 radical (unpaired) electrons. The molecule has 2 heterocycles. The summed E-state index contributed by atoms with van der Waals surface area (Å²) in [5.41, 5.74) is -0.266. The third kappa shape index (κ3) is 2.87. The average Bonchev–Trinajstić information content (AvgIpc) is 2.81. The first-order valence-corrected chi connectivity index (χ1v) is 5.80. The van der Waals surface area contributed by atoms with Gasteiger partial charge in [-0.1, -0.05) is 0 Å². The topological polar surface area (TPSA) is 65.6 Å². The fraction of sp³-hybridized carbons (Fsp3) is 0.583. The number of aromatic nitrogens is 1. The van der Waals surface area contributed by atoms with Crippen LogP contribution in [0.2, 0.25) is 0 Å². The second kappa shape index (κ2) is 4.89. The Labute approximate surface area is 100 Å². The first kappa shape index (κ1) is 12.1. The van der Waals surface area contributed by atoms with E-state index in [2.05, 4.69) is 4.98 Å². The van der Waals surface area contributed by atoms with Crippen LogP contribution in [-0.4, -0.2) is 53.3 Å². The first-order chi connectivity index (χ1) is 8.11. The third-order valence-corrected chi connectivity index (χ3v) is 3.13. The predicted molar refractivity (Wildman–Crippen MR) is 62.8 cm³/mol. The van der Waals surface area contributed by atoms with Crippen LogP contribution < -0.4 is 0 Å². The zero-order valence-electron chi connectivity index (χ0n) is 9.98. The molecular weight excluding hydrogens is 220 g/mol. The van der Waals surface area contributed by atoms with Gasteiger partial charge < -0.3 is 19.7 Å². The minimum absolute atomic E-state index is 0.102. The maximum absolute atomic E-state index is 12.0. The zero-order chi connectivity index (χ0) is 12.3. The van der Waals surface area contributed by atoms with Crippen LogP contribution in [0.25, 0.3) is 0 Å². The van der Waals surface area contributed by atoms with Gasteiger partial charge >= 0.3 is 0 Å². The van der Waals surface area contributed by atoms with Gasteiger partial charge in [-0.15, -0.1) is 0 Å². The van der Waals surface area contributed by atoms with Gasteiger partial charge in [0.15, 0.2) is 0 Å². The van der Waals surface area contributed by atoms with E-state index in [1.165, 1.54) is 0 Å². The van der Waals surface area contributed by atoms with Gasteiger partial charge in [-0.05, 0) is 12.1 Å². The van der Waals surface area contributed by atoms with Crippen molar-refractivity contribution in [2.75, 3.05) is 26.8 Å². The largest absolute Gasteiger partial charge is 0.388 e. The number of rotatable bonds is 3. The lowest BCUT2D eigenvalue weighted by atomic mass is 9.94. The summed E-state index contributed by atoms with van der Waals surface area (Å²) in [5.74, 6) is -0.102. The number of ether oxygens (including phenoxy) is 1. The Morgan fingerprint density at radius 1 is 1.59 bits per heavy atom. The Morgan fingerprint density at radius 3 is 2.88 bits per heavy atom. The second-order valence-corrected chi connectivity index (χ2v) is 4.58. The molecule has 0 atom stereocenters. The highest BCUT2D eigenvalue weighted by molar-refractivity contribution is 5.92. The van der Waals surface area contributed by atoms with Crippen molar-refractivity contribution in [3.8, 4) is 0 Å². The van der Waals surface area contributed by atoms with E-state index in [-0.39, 0.29) is 5.91 Å². The summed E-state index contributed by atoms with van der Waals surface area (Å²) < 4.78 is 5.21. The fourth-order valence-corrected chi connectivity index (χ4v) is 2.09. The molecule has 0 aliphatic carbocycles. The number of likely N-dealkylation sites (N-methyl/N-ethyl adjacent to an activating group) is 1. The van der Waals surface area contributed by atoms with Gasteiger partial charge in [-0.3, -0.25) is 4.79 Å². The van der Waals surface area contributed by atoms with Gasteiger partial charge in [-0.25, -0.2) is 0 Å². The second-order valence-electron chi connectivity index (χ2n) is 4.58. The molecule has 2 rings (SSSR count). The van der Waals surface area contributed by atoms with E-state index >= 15 is 0 Å². The summed E-state index contributed by atoms with van der Waals surface area (Å²) in [5, 5.41) is 10.3. The van der Waals surface area contributed by atoms with Gasteiger partial charge in [0, 0.05) is 45.8 Å². The molecule has 0 bridgehead atoms. The van der Waals surface area contributed by atoms with Crippen molar-refractivity contribution in [3.05, 3.63) is 24.0 Å². The Hall–Kier alpha value is -1.33. The summed E-state index contributed by atoms with van der Waals surface area (Å²) in [4.78, 5) is 16.4. The summed E-state index contributed by atoms with van der Waals surface area (Å²) in [6.45, 7) is 1.45. The standard InChI is InChI=1S/C12H18N2O3/c1-14(11(15)10-3-2-6-13-10)9-12(16)4-7-17-8-5-12/h2-3,6,13,16H,4-5,7-9H2,1H3. The van der Waals surface area contributed by atoms with Crippen molar-refractivity contribution in [1.29, 1.82) is 0 Å². The van der Waals surface area contributed by atoms with Crippen LogP contribution in [0.5, 0.6) is 0 Å². The van der Waals surface area contributed by atoms with E-state index in [1.807, 2.05) is 0 Å². The number of aromatic amines is 1. The van der Waals surface area contributed by atoms with Gasteiger partial charge in [0.25, 0.3) is 5.91 Å². The molecule has 1 aromatic heterocycles. The Morgan fingerprint density at radius 2 is 2.29 bits per heavy atom. The number of carbonyl (C=O) groups excluding carboxylic acids is 1. The number of hydrogen-bond acceptors (Lipinski definition) is 3. The van der Waals surface area contributed by atoms with Crippen LogP contribution in [0.1, 0.15) is 23.3 Å². The molecule has 1 amide bonds. The Bertz CT molecular complexity index is 369. The Kier molecular flexibility index (Phi) is 3.49. The number of amides is 1. The molecule has 0 aromatic carbocycles. The highest BCUT2D eigenvalue weighted by Gasteiger charge is 2.32. The van der Waals surface area contributed by atoms with Crippen molar-refractivity contribution in [2.45, 2.75) is 18.4 Å². The molecule has 5 nitrogen and oxygen atoms in total. The van der Waals surface area contributed by atoms with E-state index in [9.17, 15) is 9.90 Å². The van der Waals surface area contributed by atoms with Crippen LogP contribution in [0, 0.1) is 0 Å². The van der Waals surface area contributed by atoms with Crippen molar-refractivity contribution in [3.63, 3.8) is 0 Å². The number of nitrogens with zero attached hydrogens (tertiary/aromatic N) is 1. The number of nitrogens with one attached hydrogen (secondary N) is 1. The number of aliphatic hydroxyl groups is 1. The molecule has 1 aliphatic heterocycles. The summed E-state index contributed by atoms with van der Waals surface area (Å²) in [6.07, 6.45) is 2.87. The predicted octanol–water partition coefficient (Wildman–Crippen LogP) is 0.628. The average molecular weight is 238 g/mol. The van der Waals surface area contributed by atoms with Gasteiger partial charge in [-0.2, -0.15) is 0 Å². The lowest BCUT2D eigenvalue weighted by Crippen LogP contribution is -2.47. The maximum atomic E-state index is 12.0. The monoisotopic (exact) mass is 238 g/mol. The fourth-order valence-electron chi connectivity index (χ4n) is 2.09. The minimum atomic E-state index is -0.810. The molecule has 5 heteroatoms. The zero-order valence-corrected chi connectivity index (χ0v) is 9.98. The van der Waals surface area contributed by atoms with Crippen LogP contribution in [0.4, 0.5) is 0 Å². The van der Waals surface area contributed by atoms with Gasteiger partial charge in [0.05, 0.1) is 5.60 Å². The van der Waals surface area contributed by atoms with Crippen LogP contribution in [0.15, 0.2) is 18.3 Å². The number of hydrogen-bond donors (Lipinski definition) is 2. The van der Waals surface area contributed by atoms with Crippen LogP contribution >= 0.6 is 0 Å². The molecule has 17 heavy (non-hydrogen) atoms. The molecule has 94 valence electrons. The molecule has 2 N–H and O–H groups in total. The molecule has 0 unspecified atom stereocenters. The van der Waals surface area contributed by atoms with Gasteiger partial charge in [0.1, 0.15) is 5.69 Å². The van der Waals surface area contributed by atoms with Crippen molar-refractivity contribution < 1.29 is 14.6 Å². The van der Waals surface area contributed by atoms with E-state index in [0.717, 1.165) is 0 Å². The van der Waals surface area contributed by atoms with E-state index in [1.54, 1.807) is 30.3 Å². The molecule has 1 saturated heterocycles. The normalized spacial score (nSPS) is 18.9. The third-order valence-electron chi connectivity index (χ3n) is 3.13. The summed E-state index contributed by atoms with van der Waals surface area (Å²) in [6, 6.07) is 3.51. The molecular formula is C12H18N2O3. The summed E-state index contributed by atoms with van der Waals surface area (Å²) >= 11 is 0. The van der Waals surface area contributed by atoms with Gasteiger partial charge in [0.2, 0.25) is 0 Å². The molecule has 1 fully saturated rings. The van der Waals surface area contributed by atoms with Crippen molar-refractivity contribution in [2.24, 2.45) is 0 Å². The van der Waals surface area contributed by atoms with Crippen LogP contribution in [0.3, 0.4) is 0 Å². The quantitative estimate of drug-likeness (QED) is 0.811. The smallest absolute Gasteiger partial charge is 0.270 e. The molecule has 1 aliphatic rings. The van der Waals surface area contributed by atoms with E-state index in [0.29, 0.717) is 38.3 Å². The van der Waals surface area contributed by atoms with Crippen LogP contribution in [-0.2, 0) is 4.74 Å². The minimum Gasteiger partial charge on any atom is -0.388 e. The van der Waals surface area contributed by atoms with E-state index in [4.69, 9.17) is 4.74 Å². The van der Waals surface area contributed by atoms with Crippen molar-refractivity contribution >= 4 is 5.91 Å². The first-order valence-electron chi connectivity index (χ1n) is 5.80. The summed E-state index contributed by atoms with van der Waals surface area (Å²) in [7, 11) is 1.70. The maximum Gasteiger partial charge on any atom is 0.270 e.